The number of ether oxygens (including phenoxy) is 3. The number of hydrazine groups is 1. The molecule has 1 saturated carbocycles. The molecule has 10 rings (SSSR count). The SMILES string of the molecule is CCn1c(-c2cccnc2[C@H](C)OC)c2c3cc(ccc31)N1CCO[C@@H](C[C@H](NC(=O)[C@H](C(C)C)N3CC[C@]4(CCN(C(=O)[C@@H]5N[C@@H]5C5CC5)C4)C3)C(=O)N3CCC[C@H](N3)C(=O)OCC(C)(C)C2)C1. The quantitative estimate of drug-likeness (QED) is 0.187. The molecule has 1 aromatic carbocycles. The monoisotopic (exact) mass is 950 g/mol. The summed E-state index contributed by atoms with van der Waals surface area (Å²) in [5.74, 6) is -0.00556. The Morgan fingerprint density at radius 1 is 1.03 bits per heavy atom. The molecule has 0 unspecified atom stereocenters. The highest BCUT2D eigenvalue weighted by molar-refractivity contribution is 5.95. The van der Waals surface area contributed by atoms with Crippen LogP contribution in [0.5, 0.6) is 0 Å². The second kappa shape index (κ2) is 19.2. The molecule has 16 heteroatoms. The van der Waals surface area contributed by atoms with Gasteiger partial charge in [-0.25, -0.2) is 5.43 Å². The van der Waals surface area contributed by atoms with Crippen LogP contribution in [-0.2, 0) is 46.4 Å². The van der Waals surface area contributed by atoms with E-state index in [4.69, 9.17) is 19.2 Å². The van der Waals surface area contributed by atoms with E-state index in [2.05, 4.69) is 94.2 Å². The van der Waals surface area contributed by atoms with Crippen LogP contribution in [0, 0.1) is 22.7 Å². The lowest BCUT2D eigenvalue weighted by Gasteiger charge is -2.39. The Morgan fingerprint density at radius 3 is 2.61 bits per heavy atom. The maximum absolute atomic E-state index is 14.9. The zero-order valence-electron chi connectivity index (χ0n) is 41.9. The number of anilines is 1. The summed E-state index contributed by atoms with van der Waals surface area (Å²) in [6.45, 7) is 18.5. The van der Waals surface area contributed by atoms with Crippen molar-refractivity contribution in [2.75, 3.05) is 71.0 Å². The van der Waals surface area contributed by atoms with Gasteiger partial charge in [0, 0.05) is 105 Å². The van der Waals surface area contributed by atoms with Crippen molar-refractivity contribution in [3.8, 4) is 11.3 Å². The van der Waals surface area contributed by atoms with Gasteiger partial charge in [-0.05, 0) is 113 Å². The van der Waals surface area contributed by atoms with Crippen LogP contribution in [0.25, 0.3) is 22.2 Å². The first-order valence-corrected chi connectivity index (χ1v) is 26.0. The van der Waals surface area contributed by atoms with Crippen LogP contribution in [0.1, 0.15) is 104 Å². The third-order valence-electron chi connectivity index (χ3n) is 16.4. The minimum Gasteiger partial charge on any atom is -0.464 e. The number of benzene rings is 1. The molecule has 6 bridgehead atoms. The Labute approximate surface area is 407 Å². The average molecular weight is 950 g/mol. The largest absolute Gasteiger partial charge is 0.464 e. The molecule has 69 heavy (non-hydrogen) atoms. The molecule has 2 aromatic heterocycles. The Hall–Kier alpha value is -4.61. The van der Waals surface area contributed by atoms with Crippen molar-refractivity contribution < 1.29 is 33.4 Å². The summed E-state index contributed by atoms with van der Waals surface area (Å²) in [7, 11) is 1.71. The number of cyclic esters (lactones) is 1. The molecule has 5 saturated heterocycles. The zero-order chi connectivity index (χ0) is 48.4. The van der Waals surface area contributed by atoms with Gasteiger partial charge in [-0.3, -0.25) is 39.4 Å². The molecule has 3 amide bonds. The number of rotatable bonds is 10. The number of carbonyl (C=O) groups excluding carboxylic acids is 4. The minimum absolute atomic E-state index is 0.0297. The third kappa shape index (κ3) is 9.64. The number of pyridine rings is 1. The van der Waals surface area contributed by atoms with Crippen LogP contribution in [0.15, 0.2) is 36.5 Å². The summed E-state index contributed by atoms with van der Waals surface area (Å²) >= 11 is 0. The van der Waals surface area contributed by atoms with Gasteiger partial charge < -0.3 is 33.9 Å². The number of fused-ring (bicyclic) bond motifs is 6. The maximum atomic E-state index is 14.9. The molecule has 8 atom stereocenters. The third-order valence-corrected chi connectivity index (χ3v) is 16.4. The average Bonchev–Trinajstić information content (AvgIpc) is 4.25. The normalized spacial score (nSPS) is 29.6. The summed E-state index contributed by atoms with van der Waals surface area (Å²) in [4.78, 5) is 68.8. The van der Waals surface area contributed by atoms with Crippen LogP contribution in [0.4, 0.5) is 5.69 Å². The van der Waals surface area contributed by atoms with Gasteiger partial charge in [0.15, 0.2) is 0 Å². The van der Waals surface area contributed by atoms with Gasteiger partial charge in [0.2, 0.25) is 11.8 Å². The number of likely N-dealkylation sites (tertiary alicyclic amines) is 2. The molecule has 6 aliphatic heterocycles. The summed E-state index contributed by atoms with van der Waals surface area (Å²) in [5, 5.41) is 9.38. The molecule has 374 valence electrons. The van der Waals surface area contributed by atoms with E-state index < -0.39 is 29.5 Å². The zero-order valence-corrected chi connectivity index (χ0v) is 41.9. The van der Waals surface area contributed by atoms with Gasteiger partial charge in [0.25, 0.3) is 5.91 Å². The van der Waals surface area contributed by atoms with Gasteiger partial charge >= 0.3 is 5.97 Å². The van der Waals surface area contributed by atoms with E-state index in [0.29, 0.717) is 57.5 Å². The molecular weight excluding hydrogens is 875 g/mol. The molecule has 1 spiro atoms. The summed E-state index contributed by atoms with van der Waals surface area (Å²) < 4.78 is 20.9. The van der Waals surface area contributed by atoms with Crippen LogP contribution in [0.3, 0.4) is 0 Å². The van der Waals surface area contributed by atoms with Crippen LogP contribution >= 0.6 is 0 Å². The second-order valence-corrected chi connectivity index (χ2v) is 22.5. The fourth-order valence-corrected chi connectivity index (χ4v) is 12.5. The molecule has 3 aromatic rings. The lowest BCUT2D eigenvalue weighted by molar-refractivity contribution is -0.156. The highest BCUT2D eigenvalue weighted by atomic mass is 16.5. The molecule has 3 N–H and O–H groups in total. The highest BCUT2D eigenvalue weighted by Crippen LogP contribution is 2.45. The van der Waals surface area contributed by atoms with Crippen molar-refractivity contribution in [3.63, 3.8) is 0 Å². The van der Waals surface area contributed by atoms with Crippen molar-refractivity contribution >= 4 is 40.3 Å². The summed E-state index contributed by atoms with van der Waals surface area (Å²) in [6, 6.07) is 9.02. The van der Waals surface area contributed by atoms with E-state index in [-0.39, 0.29) is 60.3 Å². The van der Waals surface area contributed by atoms with Crippen molar-refractivity contribution in [1.29, 1.82) is 0 Å². The number of hydrogen-bond acceptors (Lipinski definition) is 12. The Balaban J connectivity index is 0.937. The Bertz CT molecular complexity index is 2440. The van der Waals surface area contributed by atoms with Gasteiger partial charge in [-0.1, -0.05) is 27.7 Å². The van der Waals surface area contributed by atoms with Gasteiger partial charge in [-0.15, -0.1) is 0 Å². The lowest BCUT2D eigenvalue weighted by atomic mass is 9.84. The van der Waals surface area contributed by atoms with Crippen molar-refractivity contribution in [1.82, 2.24) is 40.4 Å². The number of amides is 3. The van der Waals surface area contributed by atoms with E-state index >= 15 is 0 Å². The number of nitrogens with zero attached hydrogens (tertiary/aromatic N) is 6. The summed E-state index contributed by atoms with van der Waals surface area (Å²) in [6.07, 6.45) is 7.52. The smallest absolute Gasteiger partial charge is 0.324 e. The molecular formula is C53H75N9O7. The first-order chi connectivity index (χ1) is 33.2. The van der Waals surface area contributed by atoms with E-state index in [0.717, 1.165) is 84.7 Å². The first kappa shape index (κ1) is 48.0. The fraction of sp³-hybridized carbons (Fsp3) is 0.679. The Kier molecular flexibility index (Phi) is 13.4. The van der Waals surface area contributed by atoms with Crippen molar-refractivity contribution in [2.24, 2.45) is 22.7 Å². The number of carbonyl (C=O) groups is 4. The molecule has 0 radical (unpaired) electrons. The minimum atomic E-state index is -0.913. The van der Waals surface area contributed by atoms with E-state index in [1.165, 1.54) is 17.9 Å². The summed E-state index contributed by atoms with van der Waals surface area (Å²) in [5.41, 5.74) is 9.01. The molecule has 8 heterocycles. The number of nitrogens with one attached hydrogen (secondary N) is 3. The number of hydrogen-bond donors (Lipinski definition) is 3. The number of aryl methyl sites for hydroxylation is 1. The van der Waals surface area contributed by atoms with E-state index in [1.807, 2.05) is 19.2 Å². The molecule has 1 aliphatic carbocycles. The molecule has 6 fully saturated rings. The predicted octanol–water partition coefficient (Wildman–Crippen LogP) is 4.83. The first-order valence-electron chi connectivity index (χ1n) is 26.0. The fourth-order valence-electron chi connectivity index (χ4n) is 12.5. The van der Waals surface area contributed by atoms with Gasteiger partial charge in [0.1, 0.15) is 18.1 Å². The van der Waals surface area contributed by atoms with Crippen molar-refractivity contribution in [3.05, 3.63) is 47.8 Å². The Morgan fingerprint density at radius 2 is 1.84 bits per heavy atom. The topological polar surface area (TPSA) is 173 Å². The second-order valence-electron chi connectivity index (χ2n) is 22.5. The standard InChI is InChI=1S/C53H75N9O7/c1-8-61-42-16-15-35-25-38(42)39(47(61)37-11-9-19-54-43(37)33(4)67-7)27-52(5,6)31-69-51(66)40-12-10-20-62(57-40)49(64)41(26-36-28-58(35)23-24-68-36)55-48(63)46(32(2)3)59-21-17-53(29-59)18-22-60(30-53)50(65)45-44(56-45)34-13-14-34/h9,11,15-16,19,25,32-34,36,40-41,44-46,56-57H,8,10,12-14,17-18,20-24,26-31H2,1-7H3,(H,55,63)/t33-,36-,40-,41-,44+,45+,46-,53-/m0/s1. The number of methoxy groups -OCH3 is 1. The van der Waals surface area contributed by atoms with E-state index in [1.54, 1.807) is 7.11 Å². The lowest BCUT2D eigenvalue weighted by Crippen LogP contribution is -2.62. The molecule has 7 aliphatic rings. The van der Waals surface area contributed by atoms with Crippen LogP contribution in [0.2, 0.25) is 0 Å². The maximum Gasteiger partial charge on any atom is 0.324 e. The van der Waals surface area contributed by atoms with Crippen LogP contribution < -0.4 is 21.0 Å². The van der Waals surface area contributed by atoms with Crippen LogP contribution in [-0.4, -0.2) is 151 Å². The predicted molar refractivity (Wildman–Crippen MR) is 263 cm³/mol. The highest BCUT2D eigenvalue weighted by Gasteiger charge is 2.55. The number of morpholine rings is 1. The number of esters is 1. The van der Waals surface area contributed by atoms with Crippen molar-refractivity contribution in [2.45, 2.75) is 142 Å². The van der Waals surface area contributed by atoms with Gasteiger partial charge in [-0.2, -0.15) is 0 Å². The number of aromatic nitrogens is 2. The van der Waals surface area contributed by atoms with E-state index in [9.17, 15) is 19.2 Å². The van der Waals surface area contributed by atoms with Gasteiger partial charge in [0.05, 0.1) is 42.9 Å². The molecule has 16 nitrogen and oxygen atoms in total.